The standard InChI is InChI=1S/C24H21Cl2N5O3S/c1-4-28-23(33)34-21(32)18(12-27)31-30-15-10-16(25)20(17(26)11-15)24(2,3)22-29-19(13-35-22)14-8-6-5-7-9-14/h5-11,13,18H,4H2,1-3H3,(H,28,33). The van der Waals surface area contributed by atoms with Gasteiger partial charge in [-0.2, -0.15) is 15.5 Å². The van der Waals surface area contributed by atoms with Gasteiger partial charge in [0.2, 0.25) is 0 Å². The van der Waals surface area contributed by atoms with E-state index in [-0.39, 0.29) is 12.2 Å². The predicted molar refractivity (Wildman–Crippen MR) is 135 cm³/mol. The monoisotopic (exact) mass is 529 g/mol. The van der Waals surface area contributed by atoms with Gasteiger partial charge in [0, 0.05) is 38.5 Å². The Bertz CT molecular complexity index is 1280. The van der Waals surface area contributed by atoms with Crippen LogP contribution in [0.3, 0.4) is 0 Å². The predicted octanol–water partition coefficient (Wildman–Crippen LogP) is 6.69. The number of alkyl carbamates (subject to hydrolysis) is 1. The van der Waals surface area contributed by atoms with Crippen LogP contribution in [0.2, 0.25) is 10.0 Å². The molecule has 3 aromatic rings. The Hall–Kier alpha value is -3.32. The molecule has 8 nitrogen and oxygen atoms in total. The van der Waals surface area contributed by atoms with Gasteiger partial charge in [0.1, 0.15) is 11.1 Å². The molecule has 0 aliphatic rings. The fourth-order valence-electron chi connectivity index (χ4n) is 3.20. The van der Waals surface area contributed by atoms with Gasteiger partial charge in [-0.15, -0.1) is 11.3 Å². The van der Waals surface area contributed by atoms with Crippen LogP contribution in [0.25, 0.3) is 11.3 Å². The molecule has 0 bridgehead atoms. The topological polar surface area (TPSA) is 117 Å². The second kappa shape index (κ2) is 11.4. The van der Waals surface area contributed by atoms with Crippen LogP contribution in [-0.2, 0) is 14.9 Å². The van der Waals surface area contributed by atoms with Crippen LogP contribution in [0.1, 0.15) is 31.3 Å². The zero-order chi connectivity index (χ0) is 25.6. The van der Waals surface area contributed by atoms with E-state index >= 15 is 0 Å². The van der Waals surface area contributed by atoms with E-state index in [0.717, 1.165) is 16.3 Å². The lowest BCUT2D eigenvalue weighted by Gasteiger charge is -2.25. The number of aromatic nitrogens is 1. The molecule has 2 aromatic carbocycles. The van der Waals surface area contributed by atoms with Crippen LogP contribution in [-0.4, -0.2) is 29.6 Å². The molecule has 1 unspecified atom stereocenters. The van der Waals surface area contributed by atoms with Crippen LogP contribution in [0.5, 0.6) is 0 Å². The van der Waals surface area contributed by atoms with Crippen LogP contribution >= 0.6 is 34.5 Å². The number of azo groups is 1. The first kappa shape index (κ1) is 26.3. The summed E-state index contributed by atoms with van der Waals surface area (Å²) in [5.74, 6) is -1.14. The van der Waals surface area contributed by atoms with Gasteiger partial charge in [0.15, 0.2) is 0 Å². The van der Waals surface area contributed by atoms with E-state index < -0.39 is 23.5 Å². The highest BCUT2D eigenvalue weighted by Crippen LogP contribution is 2.44. The molecule has 0 saturated carbocycles. The quantitative estimate of drug-likeness (QED) is 0.207. The largest absolute Gasteiger partial charge is 0.414 e. The number of rotatable bonds is 7. The average molecular weight is 530 g/mol. The van der Waals surface area contributed by atoms with Crippen molar-refractivity contribution in [3.05, 3.63) is 68.5 Å². The third kappa shape index (κ3) is 6.22. The molecule has 1 aromatic heterocycles. The van der Waals surface area contributed by atoms with Gasteiger partial charge in [-0.25, -0.2) is 14.6 Å². The fraction of sp³-hybridized carbons (Fsp3) is 0.250. The Morgan fingerprint density at radius 3 is 2.49 bits per heavy atom. The van der Waals surface area contributed by atoms with Gasteiger partial charge in [-0.05, 0) is 32.9 Å². The van der Waals surface area contributed by atoms with Gasteiger partial charge in [0.25, 0.3) is 6.04 Å². The molecule has 1 atom stereocenters. The molecule has 1 N–H and O–H groups in total. The number of nitriles is 1. The summed E-state index contributed by atoms with van der Waals surface area (Å²) in [6.07, 6.45) is -0.969. The highest BCUT2D eigenvalue weighted by molar-refractivity contribution is 7.10. The first-order valence-electron chi connectivity index (χ1n) is 10.5. The fourth-order valence-corrected chi connectivity index (χ4v) is 5.11. The van der Waals surface area contributed by atoms with Crippen molar-refractivity contribution in [3.63, 3.8) is 0 Å². The van der Waals surface area contributed by atoms with Crippen molar-refractivity contribution in [1.29, 1.82) is 5.26 Å². The second-order valence-corrected chi connectivity index (χ2v) is 9.47. The second-order valence-electron chi connectivity index (χ2n) is 7.80. The summed E-state index contributed by atoms with van der Waals surface area (Å²) in [5, 5.41) is 22.5. The Morgan fingerprint density at radius 2 is 1.89 bits per heavy atom. The number of ether oxygens (including phenoxy) is 1. The van der Waals surface area contributed by atoms with Gasteiger partial charge >= 0.3 is 12.1 Å². The molecule has 1 heterocycles. The number of hydrogen-bond acceptors (Lipinski definition) is 8. The summed E-state index contributed by atoms with van der Waals surface area (Å²) in [4.78, 5) is 28.1. The number of halogens is 2. The molecule has 1 amide bonds. The molecular weight excluding hydrogens is 509 g/mol. The van der Waals surface area contributed by atoms with E-state index in [2.05, 4.69) is 20.3 Å². The zero-order valence-electron chi connectivity index (χ0n) is 19.1. The maximum absolute atomic E-state index is 11.9. The van der Waals surface area contributed by atoms with Gasteiger partial charge in [0.05, 0.1) is 11.4 Å². The van der Waals surface area contributed by atoms with Crippen LogP contribution in [0.4, 0.5) is 10.5 Å². The molecule has 0 spiro atoms. The number of thiazole rings is 1. The SMILES string of the molecule is CCNC(=O)OC(=O)C(C#N)N=Nc1cc(Cl)c(C(C)(C)c2nc(-c3ccccc3)cs2)c(Cl)c1. The summed E-state index contributed by atoms with van der Waals surface area (Å²) in [6.45, 7) is 5.86. The first-order valence-corrected chi connectivity index (χ1v) is 12.1. The van der Waals surface area contributed by atoms with Crippen LogP contribution < -0.4 is 5.32 Å². The maximum Gasteiger partial charge on any atom is 0.414 e. The minimum Gasteiger partial charge on any atom is -0.374 e. The number of nitrogens with one attached hydrogen (secondary N) is 1. The van der Waals surface area contributed by atoms with E-state index in [1.54, 1.807) is 13.0 Å². The Morgan fingerprint density at radius 1 is 1.23 bits per heavy atom. The summed E-state index contributed by atoms with van der Waals surface area (Å²) < 4.78 is 4.50. The van der Waals surface area contributed by atoms with Crippen LogP contribution in [0.15, 0.2) is 58.1 Å². The van der Waals surface area contributed by atoms with E-state index in [0.29, 0.717) is 15.6 Å². The zero-order valence-corrected chi connectivity index (χ0v) is 21.4. The van der Waals surface area contributed by atoms with Gasteiger partial charge in [-0.3, -0.25) is 0 Å². The number of esters is 1. The number of carbonyl (C=O) groups excluding carboxylic acids is 2. The molecule has 3 rings (SSSR count). The molecule has 0 radical (unpaired) electrons. The normalized spacial score (nSPS) is 12.2. The Labute approximate surface area is 216 Å². The van der Waals surface area contributed by atoms with Gasteiger partial charge < -0.3 is 10.1 Å². The number of amides is 1. The van der Waals surface area contributed by atoms with Crippen molar-refractivity contribution in [2.24, 2.45) is 10.2 Å². The van der Waals surface area contributed by atoms with E-state index in [1.165, 1.54) is 23.5 Å². The third-order valence-corrected chi connectivity index (χ3v) is 6.67. The van der Waals surface area contributed by atoms with E-state index in [9.17, 15) is 14.9 Å². The molecule has 0 saturated heterocycles. The Balaban J connectivity index is 1.84. The van der Waals surface area contributed by atoms with E-state index in [4.69, 9.17) is 28.2 Å². The number of carbonyl (C=O) groups is 2. The molecule has 0 aliphatic carbocycles. The van der Waals surface area contributed by atoms with Crippen molar-refractivity contribution >= 4 is 52.3 Å². The minimum atomic E-state index is -1.63. The Kier molecular flexibility index (Phi) is 8.57. The van der Waals surface area contributed by atoms with Crippen molar-refractivity contribution in [2.75, 3.05) is 6.54 Å². The van der Waals surface area contributed by atoms with Crippen molar-refractivity contribution in [1.82, 2.24) is 10.3 Å². The number of hydrogen-bond donors (Lipinski definition) is 1. The molecule has 35 heavy (non-hydrogen) atoms. The summed E-state index contributed by atoms with van der Waals surface area (Å²) >= 11 is 14.7. The smallest absolute Gasteiger partial charge is 0.374 e. The maximum atomic E-state index is 11.9. The lowest BCUT2D eigenvalue weighted by molar-refractivity contribution is -0.137. The van der Waals surface area contributed by atoms with Crippen molar-refractivity contribution in [2.45, 2.75) is 32.2 Å². The van der Waals surface area contributed by atoms with Crippen molar-refractivity contribution in [3.8, 4) is 17.3 Å². The molecule has 0 fully saturated rings. The third-order valence-electron chi connectivity index (χ3n) is 4.91. The number of benzene rings is 2. The van der Waals surface area contributed by atoms with Crippen LogP contribution in [0, 0.1) is 11.3 Å². The minimum absolute atomic E-state index is 0.231. The van der Waals surface area contributed by atoms with Crippen molar-refractivity contribution < 1.29 is 14.3 Å². The molecule has 0 aliphatic heterocycles. The number of nitrogens with zero attached hydrogens (tertiary/aromatic N) is 4. The summed E-state index contributed by atoms with van der Waals surface area (Å²) in [6, 6.07) is 12.9. The average Bonchev–Trinajstić information content (AvgIpc) is 3.31. The molecule has 11 heteroatoms. The molecule has 180 valence electrons. The first-order chi connectivity index (χ1) is 16.7. The highest BCUT2D eigenvalue weighted by Gasteiger charge is 2.32. The molecular formula is C24H21Cl2N5O3S. The van der Waals surface area contributed by atoms with E-state index in [1.807, 2.05) is 49.6 Å². The lowest BCUT2D eigenvalue weighted by Crippen LogP contribution is -2.30. The lowest BCUT2D eigenvalue weighted by atomic mass is 9.85. The summed E-state index contributed by atoms with van der Waals surface area (Å²) in [5.41, 5.74) is 2.14. The highest BCUT2D eigenvalue weighted by atomic mass is 35.5. The van der Waals surface area contributed by atoms with Gasteiger partial charge in [-0.1, -0.05) is 53.5 Å². The summed E-state index contributed by atoms with van der Waals surface area (Å²) in [7, 11) is 0.